The molecule has 1 heterocycles. The van der Waals surface area contributed by atoms with Gasteiger partial charge in [0, 0.05) is 25.2 Å². The third kappa shape index (κ3) is 26.6. The second kappa shape index (κ2) is 31.7. The number of rotatable bonds is 32. The fraction of sp³-hybridized carbons (Fsp3) is 0.857. The molecule has 298 valence electrons. The summed E-state index contributed by atoms with van der Waals surface area (Å²) < 4.78 is 16.2. The van der Waals surface area contributed by atoms with E-state index in [-0.39, 0.29) is 31.3 Å². The summed E-state index contributed by atoms with van der Waals surface area (Å²) in [5.41, 5.74) is 0. The Hall–Kier alpha value is -1.78. The van der Waals surface area contributed by atoms with Crippen molar-refractivity contribution in [1.29, 1.82) is 0 Å². The molecule has 0 aromatic carbocycles. The summed E-state index contributed by atoms with van der Waals surface area (Å²) in [6, 6.07) is 0. The molecule has 9 nitrogen and oxygen atoms in total. The maximum atomic E-state index is 12.2. The van der Waals surface area contributed by atoms with Crippen LogP contribution in [-0.2, 0) is 23.8 Å². The monoisotopic (exact) mass is 725 g/mol. The Morgan fingerprint density at radius 2 is 1.37 bits per heavy atom. The molecule has 1 fully saturated rings. The van der Waals surface area contributed by atoms with E-state index in [9.17, 15) is 30.0 Å². The largest absolute Gasteiger partial charge is 0.462 e. The van der Waals surface area contributed by atoms with E-state index in [4.69, 9.17) is 14.2 Å². The molecule has 4 N–H and O–H groups in total. The van der Waals surface area contributed by atoms with Gasteiger partial charge in [0.05, 0.1) is 24.9 Å². The van der Waals surface area contributed by atoms with Gasteiger partial charge in [0.2, 0.25) is 0 Å². The first kappa shape index (κ1) is 47.2. The van der Waals surface area contributed by atoms with Crippen molar-refractivity contribution in [2.45, 2.75) is 206 Å². The molecule has 0 spiro atoms. The zero-order valence-corrected chi connectivity index (χ0v) is 32.6. The van der Waals surface area contributed by atoms with E-state index in [2.05, 4.69) is 20.8 Å². The highest BCUT2D eigenvalue weighted by Gasteiger charge is 2.35. The van der Waals surface area contributed by atoms with Gasteiger partial charge in [0.1, 0.15) is 6.61 Å². The molecule has 1 aliphatic heterocycles. The first-order chi connectivity index (χ1) is 24.7. The summed E-state index contributed by atoms with van der Waals surface area (Å²) in [5.74, 6) is -0.212. The van der Waals surface area contributed by atoms with Gasteiger partial charge in [0.25, 0.3) is 0 Å². The zero-order valence-electron chi connectivity index (χ0n) is 32.6. The standard InChI is InChI=1S/C42H76O9/c1-4-5-19-25-35(44)29-30-39-37(38(45)31-42(48)51-39)26-21-17-18-22-27-40(46)49-33-36(32-43)50-41(47)28-23-16-14-12-10-8-6-7-9-11-13-15-20-24-34(2)3/h17,21,29-30,34-39,42-45,48H,4-16,18-20,22-28,31-33H2,1-3H3/b21-17-,30-29+/t35-,36-,37-,38-,39+,42?/m0/s1. The summed E-state index contributed by atoms with van der Waals surface area (Å²) in [5, 5.41) is 40.4. The van der Waals surface area contributed by atoms with E-state index in [1.54, 1.807) is 12.2 Å². The number of esters is 2. The molecule has 1 unspecified atom stereocenters. The van der Waals surface area contributed by atoms with E-state index in [1.807, 2.05) is 12.2 Å². The lowest BCUT2D eigenvalue weighted by atomic mass is 9.87. The molecule has 0 bridgehead atoms. The van der Waals surface area contributed by atoms with E-state index in [0.717, 1.165) is 44.4 Å². The second-order valence-corrected chi connectivity index (χ2v) is 15.1. The van der Waals surface area contributed by atoms with Gasteiger partial charge < -0.3 is 34.6 Å². The van der Waals surface area contributed by atoms with E-state index < -0.39 is 43.3 Å². The molecular formula is C42H76O9. The van der Waals surface area contributed by atoms with Crippen molar-refractivity contribution in [2.75, 3.05) is 13.2 Å². The smallest absolute Gasteiger partial charge is 0.306 e. The Kier molecular flexibility index (Phi) is 29.4. The molecule has 9 heteroatoms. The SMILES string of the molecule is CCCCC[C@H](O)/C=C/[C@H]1OC(O)C[C@H](O)[C@@H]1C/C=C\CCCC(=O)OC[C@H](CO)OC(=O)CCCCCCCCCCCCCCCC(C)C. The Morgan fingerprint density at radius 1 is 0.784 bits per heavy atom. The molecule has 1 rings (SSSR count). The van der Waals surface area contributed by atoms with Crippen molar-refractivity contribution in [2.24, 2.45) is 11.8 Å². The van der Waals surface area contributed by atoms with Crippen molar-refractivity contribution in [1.82, 2.24) is 0 Å². The van der Waals surface area contributed by atoms with Gasteiger partial charge >= 0.3 is 11.9 Å². The molecule has 1 saturated heterocycles. The number of hydrogen-bond acceptors (Lipinski definition) is 9. The maximum Gasteiger partial charge on any atom is 0.306 e. The molecule has 51 heavy (non-hydrogen) atoms. The van der Waals surface area contributed by atoms with E-state index >= 15 is 0 Å². The van der Waals surface area contributed by atoms with Crippen LogP contribution in [0.25, 0.3) is 0 Å². The normalized spacial score (nSPS) is 20.7. The Balaban J connectivity index is 2.13. The third-order valence-electron chi connectivity index (χ3n) is 9.72. The minimum Gasteiger partial charge on any atom is -0.462 e. The maximum absolute atomic E-state index is 12.2. The summed E-state index contributed by atoms with van der Waals surface area (Å²) in [7, 11) is 0. The summed E-state index contributed by atoms with van der Waals surface area (Å²) in [6.07, 6.45) is 27.2. The van der Waals surface area contributed by atoms with Gasteiger partial charge in [-0.05, 0) is 38.0 Å². The number of allylic oxidation sites excluding steroid dienone is 2. The van der Waals surface area contributed by atoms with Crippen molar-refractivity contribution in [3.8, 4) is 0 Å². The highest BCUT2D eigenvalue weighted by Crippen LogP contribution is 2.29. The van der Waals surface area contributed by atoms with Crippen molar-refractivity contribution in [3.05, 3.63) is 24.3 Å². The molecule has 6 atom stereocenters. The van der Waals surface area contributed by atoms with Crippen LogP contribution in [0.3, 0.4) is 0 Å². The molecule has 0 saturated carbocycles. The number of hydrogen-bond donors (Lipinski definition) is 4. The minimum atomic E-state index is -1.05. The Bertz CT molecular complexity index is 905. The number of carbonyl (C=O) groups excluding carboxylic acids is 2. The molecular weight excluding hydrogens is 648 g/mol. The number of aliphatic hydroxyl groups excluding tert-OH is 4. The van der Waals surface area contributed by atoms with E-state index in [0.29, 0.717) is 32.1 Å². The molecule has 0 aromatic rings. The number of unbranched alkanes of at least 4 members (excludes halogenated alkanes) is 15. The summed E-state index contributed by atoms with van der Waals surface area (Å²) >= 11 is 0. The van der Waals surface area contributed by atoms with Gasteiger partial charge in [-0.3, -0.25) is 9.59 Å². The first-order valence-electron chi connectivity index (χ1n) is 20.6. The predicted octanol–water partition coefficient (Wildman–Crippen LogP) is 8.64. The lowest BCUT2D eigenvalue weighted by Gasteiger charge is -2.36. The molecule has 0 aliphatic carbocycles. The quantitative estimate of drug-likeness (QED) is 0.0305. The van der Waals surface area contributed by atoms with Gasteiger partial charge in [-0.2, -0.15) is 0 Å². The fourth-order valence-electron chi connectivity index (χ4n) is 6.48. The lowest BCUT2D eigenvalue weighted by molar-refractivity contribution is -0.199. The Labute approximate surface area is 310 Å². The van der Waals surface area contributed by atoms with E-state index in [1.165, 1.54) is 70.6 Å². The van der Waals surface area contributed by atoms with Crippen molar-refractivity contribution in [3.63, 3.8) is 0 Å². The Morgan fingerprint density at radius 3 is 1.98 bits per heavy atom. The van der Waals surface area contributed by atoms with Gasteiger partial charge in [-0.1, -0.05) is 148 Å². The number of carbonyl (C=O) groups is 2. The molecule has 1 aliphatic rings. The minimum absolute atomic E-state index is 0.136. The third-order valence-corrected chi connectivity index (χ3v) is 9.72. The van der Waals surface area contributed by atoms with Crippen molar-refractivity contribution >= 4 is 11.9 Å². The van der Waals surface area contributed by atoms with Gasteiger partial charge in [-0.15, -0.1) is 0 Å². The summed E-state index contributed by atoms with van der Waals surface area (Å²) in [4.78, 5) is 24.5. The average molecular weight is 725 g/mol. The van der Waals surface area contributed by atoms with Crippen LogP contribution in [0.2, 0.25) is 0 Å². The topological polar surface area (TPSA) is 143 Å². The lowest BCUT2D eigenvalue weighted by Crippen LogP contribution is -2.43. The molecule has 0 aromatic heterocycles. The molecule has 0 radical (unpaired) electrons. The van der Waals surface area contributed by atoms with Crippen LogP contribution in [0, 0.1) is 11.8 Å². The van der Waals surface area contributed by atoms with Crippen LogP contribution in [-0.4, -0.2) is 76.3 Å². The zero-order chi connectivity index (χ0) is 37.5. The van der Waals surface area contributed by atoms with Crippen LogP contribution >= 0.6 is 0 Å². The summed E-state index contributed by atoms with van der Waals surface area (Å²) in [6.45, 7) is 6.15. The fourth-order valence-corrected chi connectivity index (χ4v) is 6.48. The number of aliphatic hydroxyl groups is 4. The molecule has 0 amide bonds. The van der Waals surface area contributed by atoms with Crippen LogP contribution in [0.4, 0.5) is 0 Å². The van der Waals surface area contributed by atoms with Gasteiger partial charge in [-0.25, -0.2) is 0 Å². The van der Waals surface area contributed by atoms with Crippen molar-refractivity contribution < 1.29 is 44.2 Å². The highest BCUT2D eigenvalue weighted by molar-refractivity contribution is 5.70. The predicted molar refractivity (Wildman–Crippen MR) is 204 cm³/mol. The van der Waals surface area contributed by atoms with Gasteiger partial charge in [0.15, 0.2) is 12.4 Å². The van der Waals surface area contributed by atoms with Crippen LogP contribution in [0.15, 0.2) is 24.3 Å². The number of ether oxygens (including phenoxy) is 3. The van der Waals surface area contributed by atoms with Crippen LogP contribution in [0.1, 0.15) is 175 Å². The second-order valence-electron chi connectivity index (χ2n) is 15.1. The highest BCUT2D eigenvalue weighted by atomic mass is 16.6. The first-order valence-corrected chi connectivity index (χ1v) is 20.6. The van der Waals surface area contributed by atoms with Crippen LogP contribution < -0.4 is 0 Å². The van der Waals surface area contributed by atoms with Crippen LogP contribution in [0.5, 0.6) is 0 Å². The average Bonchev–Trinajstić information content (AvgIpc) is 3.09.